The molecule has 2 aliphatic rings. The molecule has 1 atom stereocenters. The number of nitrogens with zero attached hydrogens (tertiary/aromatic N) is 4. The van der Waals surface area contributed by atoms with Crippen LogP contribution < -0.4 is 9.64 Å². The van der Waals surface area contributed by atoms with E-state index in [4.69, 9.17) is 16.3 Å². The maximum atomic E-state index is 6.79. The van der Waals surface area contributed by atoms with Crippen molar-refractivity contribution in [3.8, 4) is 5.75 Å². The zero-order valence-electron chi connectivity index (χ0n) is 13.0. The summed E-state index contributed by atoms with van der Waals surface area (Å²) >= 11 is 6.79. The van der Waals surface area contributed by atoms with Gasteiger partial charge in [-0.15, -0.1) is 0 Å². The fourth-order valence-electron chi connectivity index (χ4n) is 3.06. The molecule has 1 unspecified atom stereocenters. The number of methoxy groups -OCH3 is 1. The lowest BCUT2D eigenvalue weighted by Crippen LogP contribution is -2.49. The van der Waals surface area contributed by atoms with E-state index in [0.29, 0.717) is 12.6 Å². The van der Waals surface area contributed by atoms with Crippen molar-refractivity contribution in [2.45, 2.75) is 37.6 Å². The van der Waals surface area contributed by atoms with Gasteiger partial charge in [0.1, 0.15) is 17.9 Å². The van der Waals surface area contributed by atoms with Gasteiger partial charge in [-0.3, -0.25) is 4.90 Å². The molecule has 1 aliphatic carbocycles. The molecule has 2 aromatic rings. The molecule has 0 saturated heterocycles. The van der Waals surface area contributed by atoms with Crippen molar-refractivity contribution in [2.24, 2.45) is 0 Å². The number of benzene rings is 1. The van der Waals surface area contributed by atoms with Crippen LogP contribution >= 0.6 is 11.6 Å². The number of hydrogen-bond donors (Lipinski definition) is 0. The van der Waals surface area contributed by atoms with E-state index in [1.807, 2.05) is 18.3 Å². The molecule has 23 heavy (non-hydrogen) atoms. The fraction of sp³-hybridized carbons (Fsp3) is 0.412. The zero-order chi connectivity index (χ0) is 15.8. The number of aromatic nitrogens is 2. The van der Waals surface area contributed by atoms with Gasteiger partial charge in [-0.1, -0.05) is 23.7 Å². The lowest BCUT2D eigenvalue weighted by molar-refractivity contribution is 0.210. The van der Waals surface area contributed by atoms with Gasteiger partial charge in [0.2, 0.25) is 0 Å². The van der Waals surface area contributed by atoms with Crippen LogP contribution in [0.3, 0.4) is 0 Å². The summed E-state index contributed by atoms with van der Waals surface area (Å²) in [7, 11) is 1.68. The SMILES string of the molecule is COc1ccc(CN2c3ncncc3CN(C3CC3)C2Cl)cc1. The smallest absolute Gasteiger partial charge is 0.162 e. The largest absolute Gasteiger partial charge is 0.497 e. The first kappa shape index (κ1) is 14.7. The molecule has 2 heterocycles. The van der Waals surface area contributed by atoms with E-state index in [-0.39, 0.29) is 5.62 Å². The van der Waals surface area contributed by atoms with Crippen molar-refractivity contribution in [3.63, 3.8) is 0 Å². The van der Waals surface area contributed by atoms with E-state index < -0.39 is 0 Å². The molecule has 120 valence electrons. The monoisotopic (exact) mass is 330 g/mol. The van der Waals surface area contributed by atoms with Crippen molar-refractivity contribution in [1.82, 2.24) is 14.9 Å². The van der Waals surface area contributed by atoms with Gasteiger partial charge in [-0.2, -0.15) is 0 Å². The fourth-order valence-corrected chi connectivity index (χ4v) is 3.45. The second-order valence-electron chi connectivity index (χ2n) is 6.06. The molecule has 6 heteroatoms. The van der Waals surface area contributed by atoms with E-state index in [9.17, 15) is 0 Å². The van der Waals surface area contributed by atoms with Crippen LogP contribution in [0.25, 0.3) is 0 Å². The van der Waals surface area contributed by atoms with Crippen LogP contribution in [0.1, 0.15) is 24.0 Å². The zero-order valence-corrected chi connectivity index (χ0v) is 13.8. The Morgan fingerprint density at radius 1 is 1.26 bits per heavy atom. The third kappa shape index (κ3) is 2.86. The lowest BCUT2D eigenvalue weighted by atomic mass is 10.1. The van der Waals surface area contributed by atoms with Crippen molar-refractivity contribution in [1.29, 1.82) is 0 Å². The summed E-state index contributed by atoms with van der Waals surface area (Å²) in [4.78, 5) is 13.2. The van der Waals surface area contributed by atoms with Crippen molar-refractivity contribution < 1.29 is 4.74 Å². The van der Waals surface area contributed by atoms with Gasteiger partial charge in [0.25, 0.3) is 0 Å². The molecule has 5 nitrogen and oxygen atoms in total. The van der Waals surface area contributed by atoms with Gasteiger partial charge in [0.05, 0.1) is 7.11 Å². The Morgan fingerprint density at radius 3 is 2.74 bits per heavy atom. The van der Waals surface area contributed by atoms with Crippen LogP contribution in [0, 0.1) is 0 Å². The summed E-state index contributed by atoms with van der Waals surface area (Å²) < 4.78 is 5.22. The number of alkyl halides is 1. The molecular weight excluding hydrogens is 312 g/mol. The molecule has 0 amide bonds. The average molecular weight is 331 g/mol. The standard InChI is InChI=1S/C17H19ClN4O/c1-23-15-6-2-12(3-7-15)9-22-16-13(8-19-11-20-16)10-21(17(22)18)14-4-5-14/h2-3,6-8,11,14,17H,4-5,9-10H2,1H3. The van der Waals surface area contributed by atoms with Crippen LogP contribution in [0.2, 0.25) is 0 Å². The predicted molar refractivity (Wildman–Crippen MR) is 89.4 cm³/mol. The Bertz CT molecular complexity index is 689. The second-order valence-corrected chi connectivity index (χ2v) is 6.45. The maximum absolute atomic E-state index is 6.79. The summed E-state index contributed by atoms with van der Waals surface area (Å²) in [6.07, 6.45) is 5.95. The number of rotatable bonds is 4. The summed E-state index contributed by atoms with van der Waals surface area (Å²) in [5, 5.41) is 0. The molecule has 1 aromatic carbocycles. The molecule has 1 saturated carbocycles. The topological polar surface area (TPSA) is 41.5 Å². The van der Waals surface area contributed by atoms with Crippen LogP contribution in [-0.2, 0) is 13.1 Å². The molecule has 4 rings (SSSR count). The highest BCUT2D eigenvalue weighted by atomic mass is 35.5. The Balaban J connectivity index is 1.63. The predicted octanol–water partition coefficient (Wildman–Crippen LogP) is 2.99. The molecule has 1 fully saturated rings. The van der Waals surface area contributed by atoms with Crippen LogP contribution in [0.15, 0.2) is 36.8 Å². The van der Waals surface area contributed by atoms with Crippen molar-refractivity contribution >= 4 is 17.4 Å². The number of anilines is 1. The highest BCUT2D eigenvalue weighted by Crippen LogP contribution is 2.39. The molecule has 0 N–H and O–H groups in total. The van der Waals surface area contributed by atoms with Gasteiger partial charge in [-0.05, 0) is 30.5 Å². The van der Waals surface area contributed by atoms with E-state index in [0.717, 1.165) is 23.7 Å². The first-order valence-electron chi connectivity index (χ1n) is 7.84. The van der Waals surface area contributed by atoms with Crippen molar-refractivity contribution in [3.05, 3.63) is 47.9 Å². The number of halogens is 1. The Kier molecular flexibility index (Phi) is 3.83. The summed E-state index contributed by atoms with van der Waals surface area (Å²) in [6.45, 7) is 1.54. The molecule has 1 aromatic heterocycles. The van der Waals surface area contributed by atoms with Crippen LogP contribution in [0.5, 0.6) is 5.75 Å². The summed E-state index contributed by atoms with van der Waals surface area (Å²) in [5.41, 5.74) is 2.15. The highest BCUT2D eigenvalue weighted by molar-refractivity contribution is 6.21. The lowest BCUT2D eigenvalue weighted by Gasteiger charge is -2.41. The third-order valence-electron chi connectivity index (χ3n) is 4.45. The Hall–Kier alpha value is -1.85. The number of hydrogen-bond acceptors (Lipinski definition) is 5. The highest BCUT2D eigenvalue weighted by Gasteiger charge is 2.40. The molecule has 0 spiro atoms. The minimum atomic E-state index is -0.174. The molecule has 0 radical (unpaired) electrons. The normalized spacial score (nSPS) is 21.1. The minimum Gasteiger partial charge on any atom is -0.497 e. The van der Waals surface area contributed by atoms with E-state index in [1.165, 1.54) is 18.4 Å². The number of fused-ring (bicyclic) bond motifs is 1. The first-order valence-corrected chi connectivity index (χ1v) is 8.28. The minimum absolute atomic E-state index is 0.174. The molecular formula is C17H19ClN4O. The average Bonchev–Trinajstić information content (AvgIpc) is 3.42. The van der Waals surface area contributed by atoms with Gasteiger partial charge in [0.15, 0.2) is 5.62 Å². The van der Waals surface area contributed by atoms with Gasteiger partial charge in [-0.25, -0.2) is 9.97 Å². The van der Waals surface area contributed by atoms with Gasteiger partial charge >= 0.3 is 0 Å². The quantitative estimate of drug-likeness (QED) is 0.637. The van der Waals surface area contributed by atoms with Gasteiger partial charge in [0, 0.05) is 30.9 Å². The maximum Gasteiger partial charge on any atom is 0.162 e. The third-order valence-corrected chi connectivity index (χ3v) is 4.93. The van der Waals surface area contributed by atoms with Crippen molar-refractivity contribution in [2.75, 3.05) is 12.0 Å². The summed E-state index contributed by atoms with van der Waals surface area (Å²) in [5.74, 6) is 1.80. The van der Waals surface area contributed by atoms with E-state index in [2.05, 4.69) is 31.9 Å². The first-order chi connectivity index (χ1) is 11.3. The molecule has 1 aliphatic heterocycles. The summed E-state index contributed by atoms with van der Waals surface area (Å²) in [6, 6.07) is 8.67. The van der Waals surface area contributed by atoms with Crippen LogP contribution in [0.4, 0.5) is 5.82 Å². The Morgan fingerprint density at radius 2 is 2.04 bits per heavy atom. The van der Waals surface area contributed by atoms with Crippen LogP contribution in [-0.4, -0.2) is 33.6 Å². The molecule has 0 bridgehead atoms. The van der Waals surface area contributed by atoms with Gasteiger partial charge < -0.3 is 9.64 Å². The number of ether oxygens (including phenoxy) is 1. The second kappa shape index (κ2) is 5.98. The Labute approximate surface area is 140 Å². The van der Waals surface area contributed by atoms with E-state index in [1.54, 1.807) is 13.4 Å². The van der Waals surface area contributed by atoms with E-state index >= 15 is 0 Å².